The van der Waals surface area contributed by atoms with Gasteiger partial charge in [0.1, 0.15) is 5.25 Å². The fourth-order valence-electron chi connectivity index (χ4n) is 6.38. The van der Waals surface area contributed by atoms with E-state index < -0.39 is 38.9 Å². The van der Waals surface area contributed by atoms with Crippen molar-refractivity contribution in [1.29, 1.82) is 0 Å². The largest absolute Gasteiger partial charge is 0.456 e. The van der Waals surface area contributed by atoms with E-state index >= 15 is 0 Å². The molecule has 4 aromatic carbocycles. The molecule has 0 amide bonds. The summed E-state index contributed by atoms with van der Waals surface area (Å²) in [7, 11) is -3.89. The van der Waals surface area contributed by atoms with Gasteiger partial charge in [0.2, 0.25) is 0 Å². The van der Waals surface area contributed by atoms with Gasteiger partial charge in [-0.25, -0.2) is 8.42 Å². The van der Waals surface area contributed by atoms with Crippen LogP contribution in [0.3, 0.4) is 0 Å². The molecule has 2 fully saturated rings. The molecular weight excluding hydrogens is 548 g/mol. The highest BCUT2D eigenvalue weighted by Gasteiger charge is 2.55. The van der Waals surface area contributed by atoms with Gasteiger partial charge in [0.05, 0.1) is 24.0 Å². The van der Waals surface area contributed by atoms with Crippen LogP contribution in [0.15, 0.2) is 126 Å². The minimum absolute atomic E-state index is 0.104. The molecule has 0 aliphatic carbocycles. The number of benzene rings is 4. The molecule has 0 aromatic heterocycles. The lowest BCUT2D eigenvalue weighted by atomic mass is 9.67. The van der Waals surface area contributed by atoms with Crippen LogP contribution < -0.4 is 0 Å². The van der Waals surface area contributed by atoms with Crippen molar-refractivity contribution in [2.75, 3.05) is 6.61 Å². The van der Waals surface area contributed by atoms with Gasteiger partial charge in [-0.05, 0) is 48.1 Å². The SMILES string of the molecule is O=C(CC(c1ccccc1)S(=O)(=O)c1ccccc1)O[C@@H]1[C@@H]2OC[C@H](CC1(Cc1ccccc1)Cc1ccccc1)O2. The van der Waals surface area contributed by atoms with E-state index in [0.717, 1.165) is 11.1 Å². The number of hydrogen-bond acceptors (Lipinski definition) is 6. The van der Waals surface area contributed by atoms with Crippen molar-refractivity contribution >= 4 is 15.8 Å². The molecule has 7 heteroatoms. The van der Waals surface area contributed by atoms with Crippen molar-refractivity contribution in [2.45, 2.75) is 54.3 Å². The fourth-order valence-corrected chi connectivity index (χ4v) is 8.11. The Morgan fingerprint density at radius 1 is 0.786 bits per heavy atom. The Bertz CT molecular complexity index is 1530. The summed E-state index contributed by atoms with van der Waals surface area (Å²) in [5, 5.41) is -1.10. The summed E-state index contributed by atoms with van der Waals surface area (Å²) in [4.78, 5) is 14.0. The first kappa shape index (κ1) is 28.3. The van der Waals surface area contributed by atoms with E-state index in [2.05, 4.69) is 24.3 Å². The van der Waals surface area contributed by atoms with Gasteiger partial charge < -0.3 is 14.2 Å². The third-order valence-corrected chi connectivity index (χ3v) is 10.4. The summed E-state index contributed by atoms with van der Waals surface area (Å²) < 4.78 is 46.2. The first-order chi connectivity index (χ1) is 20.4. The average molecular weight is 583 g/mol. The van der Waals surface area contributed by atoms with Crippen LogP contribution in [0.2, 0.25) is 0 Å². The highest BCUT2D eigenvalue weighted by atomic mass is 32.2. The molecule has 0 saturated carbocycles. The minimum atomic E-state index is -3.89. The molecule has 6 rings (SSSR count). The Hall–Kier alpha value is -3.78. The van der Waals surface area contributed by atoms with Crippen LogP contribution in [0.4, 0.5) is 0 Å². The highest BCUT2D eigenvalue weighted by molar-refractivity contribution is 7.91. The smallest absolute Gasteiger partial charge is 0.307 e. The second kappa shape index (κ2) is 12.2. The van der Waals surface area contributed by atoms with E-state index in [0.29, 0.717) is 31.4 Å². The number of ether oxygens (including phenoxy) is 3. The lowest BCUT2D eigenvalue weighted by Gasteiger charge is -2.46. The zero-order chi connectivity index (χ0) is 29.0. The van der Waals surface area contributed by atoms with Crippen LogP contribution in [0.1, 0.15) is 34.8 Å². The lowest BCUT2D eigenvalue weighted by molar-refractivity contribution is -0.224. The van der Waals surface area contributed by atoms with Crippen molar-refractivity contribution in [2.24, 2.45) is 5.41 Å². The van der Waals surface area contributed by atoms with Gasteiger partial charge in [-0.3, -0.25) is 4.79 Å². The first-order valence-corrected chi connectivity index (χ1v) is 15.9. The van der Waals surface area contributed by atoms with Crippen molar-refractivity contribution in [3.8, 4) is 0 Å². The van der Waals surface area contributed by atoms with Gasteiger partial charge in [0.15, 0.2) is 22.2 Å². The molecule has 2 bridgehead atoms. The Balaban J connectivity index is 1.34. The van der Waals surface area contributed by atoms with Gasteiger partial charge >= 0.3 is 5.97 Å². The number of rotatable bonds is 10. The number of carbonyl (C=O) groups excluding carboxylic acids is 1. The van der Waals surface area contributed by atoms with Crippen molar-refractivity contribution in [3.05, 3.63) is 138 Å². The van der Waals surface area contributed by atoms with E-state index in [1.807, 2.05) is 42.5 Å². The van der Waals surface area contributed by atoms with Crippen LogP contribution in [0.5, 0.6) is 0 Å². The van der Waals surface area contributed by atoms with Gasteiger partial charge in [0, 0.05) is 5.41 Å². The fraction of sp³-hybridized carbons (Fsp3) is 0.286. The predicted octanol–water partition coefficient (Wildman–Crippen LogP) is 6.12. The van der Waals surface area contributed by atoms with Crippen LogP contribution in [-0.2, 0) is 41.7 Å². The Labute approximate surface area is 247 Å². The Morgan fingerprint density at radius 3 is 1.88 bits per heavy atom. The highest BCUT2D eigenvalue weighted by Crippen LogP contribution is 2.47. The van der Waals surface area contributed by atoms with E-state index in [1.165, 1.54) is 0 Å². The van der Waals surface area contributed by atoms with E-state index in [1.54, 1.807) is 54.6 Å². The van der Waals surface area contributed by atoms with Gasteiger partial charge in [-0.1, -0.05) is 109 Å². The quantitative estimate of drug-likeness (QED) is 0.210. The molecule has 216 valence electrons. The number of hydrogen-bond donors (Lipinski definition) is 0. The molecule has 0 radical (unpaired) electrons. The molecule has 0 N–H and O–H groups in total. The van der Waals surface area contributed by atoms with Crippen molar-refractivity contribution < 1.29 is 27.4 Å². The maximum absolute atomic E-state index is 13.8. The summed E-state index contributed by atoms with van der Waals surface area (Å²) in [6.45, 7) is 0.430. The van der Waals surface area contributed by atoms with Gasteiger partial charge in [-0.2, -0.15) is 0 Å². The van der Waals surface area contributed by atoms with Crippen molar-refractivity contribution in [3.63, 3.8) is 0 Å². The first-order valence-electron chi connectivity index (χ1n) is 14.3. The third-order valence-electron chi connectivity index (χ3n) is 8.28. The standard InChI is InChI=1S/C35H34O6S/c36-32(21-31(28-17-9-3-10-18-28)42(37,38)30-19-11-4-12-20-30)41-33-34-39-25-29(40-34)24-35(33,22-26-13-5-1-6-14-26)23-27-15-7-2-8-16-27/h1-20,29,31,33-34H,21-25H2/t29-,31?,33+,34+/m0/s1. The van der Waals surface area contributed by atoms with E-state index in [9.17, 15) is 13.2 Å². The normalized spacial score (nSPS) is 21.9. The Morgan fingerprint density at radius 2 is 1.31 bits per heavy atom. The molecule has 0 spiro atoms. The zero-order valence-corrected chi connectivity index (χ0v) is 24.1. The molecule has 2 saturated heterocycles. The summed E-state index contributed by atoms with van der Waals surface area (Å²) in [6, 6.07) is 37.5. The van der Waals surface area contributed by atoms with E-state index in [4.69, 9.17) is 14.2 Å². The topological polar surface area (TPSA) is 78.9 Å². The van der Waals surface area contributed by atoms with Gasteiger partial charge in [0.25, 0.3) is 0 Å². The summed E-state index contributed by atoms with van der Waals surface area (Å²) in [5.41, 5.74) is 2.28. The van der Waals surface area contributed by atoms with Crippen LogP contribution >= 0.6 is 0 Å². The predicted molar refractivity (Wildman–Crippen MR) is 159 cm³/mol. The van der Waals surface area contributed by atoms with Crippen molar-refractivity contribution in [1.82, 2.24) is 0 Å². The zero-order valence-electron chi connectivity index (χ0n) is 23.2. The van der Waals surface area contributed by atoms with Crippen LogP contribution in [0, 0.1) is 5.41 Å². The average Bonchev–Trinajstić information content (AvgIpc) is 3.42. The summed E-state index contributed by atoms with van der Waals surface area (Å²) in [5.74, 6) is -0.601. The van der Waals surface area contributed by atoms with Crippen LogP contribution in [-0.4, -0.2) is 39.5 Å². The molecular formula is C35H34O6S. The van der Waals surface area contributed by atoms with Gasteiger partial charge in [-0.15, -0.1) is 0 Å². The molecule has 4 atom stereocenters. The molecule has 1 unspecified atom stereocenters. The van der Waals surface area contributed by atoms with Crippen LogP contribution in [0.25, 0.3) is 0 Å². The molecule has 6 nitrogen and oxygen atoms in total. The summed E-state index contributed by atoms with van der Waals surface area (Å²) in [6.07, 6.45) is 0.0836. The Kier molecular flexibility index (Phi) is 8.24. The maximum atomic E-state index is 13.8. The lowest BCUT2D eigenvalue weighted by Crippen LogP contribution is -2.54. The molecule has 2 heterocycles. The third kappa shape index (κ3) is 6.04. The molecule has 42 heavy (non-hydrogen) atoms. The maximum Gasteiger partial charge on any atom is 0.307 e. The minimum Gasteiger partial charge on any atom is -0.456 e. The summed E-state index contributed by atoms with van der Waals surface area (Å²) >= 11 is 0. The number of fused-ring (bicyclic) bond motifs is 2. The van der Waals surface area contributed by atoms with E-state index in [-0.39, 0.29) is 17.4 Å². The number of carbonyl (C=O) groups is 1. The molecule has 2 aliphatic rings. The monoisotopic (exact) mass is 582 g/mol. The second-order valence-electron chi connectivity index (χ2n) is 11.2. The molecule has 2 aliphatic heterocycles. The number of sulfone groups is 1. The number of esters is 1. The second-order valence-corrected chi connectivity index (χ2v) is 13.4. The molecule has 4 aromatic rings.